The highest BCUT2D eigenvalue weighted by Gasteiger charge is 2.45. The molecule has 1 fully saturated rings. The third-order valence-electron chi connectivity index (χ3n) is 4.11. The van der Waals surface area contributed by atoms with Gasteiger partial charge in [0.25, 0.3) is 5.91 Å². The Bertz CT molecular complexity index is 802. The lowest BCUT2D eigenvalue weighted by molar-refractivity contribution is -0.134. The zero-order chi connectivity index (χ0) is 18.7. The summed E-state index contributed by atoms with van der Waals surface area (Å²) in [5.74, 6) is -0.543. The third kappa shape index (κ3) is 3.74. The standard InChI is InChI=1S/C18H20N4O4/c1-18(2)16(24)22(17(25)21-18)11-14(23)20-13(15-19-8-9-26-15)10-12-6-4-3-5-7-12/h3-9,13H,10-11H2,1-2H3,(H,20,23)(H,21,25). The van der Waals surface area contributed by atoms with E-state index in [2.05, 4.69) is 15.6 Å². The largest absolute Gasteiger partial charge is 0.447 e. The van der Waals surface area contributed by atoms with E-state index in [1.165, 1.54) is 12.5 Å². The number of carbonyl (C=O) groups excluding carboxylic acids is 3. The van der Waals surface area contributed by atoms with Gasteiger partial charge in [-0.3, -0.25) is 14.5 Å². The number of carbonyl (C=O) groups is 3. The first-order chi connectivity index (χ1) is 12.4. The lowest BCUT2D eigenvalue weighted by atomic mass is 10.1. The van der Waals surface area contributed by atoms with E-state index < -0.39 is 29.4 Å². The van der Waals surface area contributed by atoms with Crippen LogP contribution in [0.5, 0.6) is 0 Å². The molecular weight excluding hydrogens is 336 g/mol. The van der Waals surface area contributed by atoms with Crippen molar-refractivity contribution in [2.75, 3.05) is 6.54 Å². The Kier molecular flexibility index (Phi) is 4.75. The normalized spacial score (nSPS) is 17.1. The first kappa shape index (κ1) is 17.7. The number of hydrogen-bond acceptors (Lipinski definition) is 5. The molecule has 3 rings (SSSR count). The molecule has 4 amide bonds. The average Bonchev–Trinajstić information content (AvgIpc) is 3.19. The second kappa shape index (κ2) is 6.99. The molecule has 1 aliphatic rings. The summed E-state index contributed by atoms with van der Waals surface area (Å²) in [6, 6.07) is 8.49. The number of nitrogens with one attached hydrogen (secondary N) is 2. The van der Waals surface area contributed by atoms with Crippen LogP contribution in [0.3, 0.4) is 0 Å². The Morgan fingerprint density at radius 2 is 2.04 bits per heavy atom. The van der Waals surface area contributed by atoms with Crippen LogP contribution in [0.25, 0.3) is 0 Å². The lowest BCUT2D eigenvalue weighted by Gasteiger charge is -2.19. The molecule has 26 heavy (non-hydrogen) atoms. The summed E-state index contributed by atoms with van der Waals surface area (Å²) in [5.41, 5.74) is -0.0178. The quantitative estimate of drug-likeness (QED) is 0.762. The molecule has 0 spiro atoms. The molecule has 8 nitrogen and oxygen atoms in total. The molecule has 0 bridgehead atoms. The summed E-state index contributed by atoms with van der Waals surface area (Å²) in [6.45, 7) is 2.83. The van der Waals surface area contributed by atoms with Crippen molar-refractivity contribution in [3.05, 3.63) is 54.2 Å². The minimum absolute atomic E-state index is 0.361. The highest BCUT2D eigenvalue weighted by molar-refractivity contribution is 6.08. The van der Waals surface area contributed by atoms with E-state index in [0.29, 0.717) is 12.3 Å². The first-order valence-corrected chi connectivity index (χ1v) is 8.23. The Morgan fingerprint density at radius 3 is 2.62 bits per heavy atom. The Balaban J connectivity index is 1.70. The second-order valence-corrected chi connectivity index (χ2v) is 6.63. The molecule has 1 aliphatic heterocycles. The fourth-order valence-corrected chi connectivity index (χ4v) is 2.80. The number of imide groups is 1. The number of rotatable bonds is 6. The Hall–Kier alpha value is -3.16. The van der Waals surface area contributed by atoms with Crippen LogP contribution in [0.2, 0.25) is 0 Å². The van der Waals surface area contributed by atoms with Crippen LogP contribution in [0.15, 0.2) is 47.2 Å². The Morgan fingerprint density at radius 1 is 1.31 bits per heavy atom. The van der Waals surface area contributed by atoms with Crippen LogP contribution in [0, 0.1) is 0 Å². The van der Waals surface area contributed by atoms with Gasteiger partial charge in [0.2, 0.25) is 11.8 Å². The predicted molar refractivity (Wildman–Crippen MR) is 91.9 cm³/mol. The third-order valence-corrected chi connectivity index (χ3v) is 4.11. The van der Waals surface area contributed by atoms with Gasteiger partial charge in [-0.2, -0.15) is 0 Å². The fourth-order valence-electron chi connectivity index (χ4n) is 2.80. The molecule has 2 aromatic rings. The molecule has 136 valence electrons. The van der Waals surface area contributed by atoms with Gasteiger partial charge in [0, 0.05) is 6.42 Å². The highest BCUT2D eigenvalue weighted by atomic mass is 16.3. The van der Waals surface area contributed by atoms with Gasteiger partial charge >= 0.3 is 6.03 Å². The molecule has 2 heterocycles. The van der Waals surface area contributed by atoms with E-state index in [9.17, 15) is 14.4 Å². The molecule has 0 radical (unpaired) electrons. The van der Waals surface area contributed by atoms with Crippen molar-refractivity contribution in [3.63, 3.8) is 0 Å². The van der Waals surface area contributed by atoms with Gasteiger partial charge in [0.15, 0.2) is 0 Å². The molecule has 1 aromatic heterocycles. The lowest BCUT2D eigenvalue weighted by Crippen LogP contribution is -2.44. The van der Waals surface area contributed by atoms with Gasteiger partial charge in [-0.1, -0.05) is 30.3 Å². The van der Waals surface area contributed by atoms with E-state index in [0.717, 1.165) is 10.5 Å². The van der Waals surface area contributed by atoms with Gasteiger partial charge in [0.05, 0.1) is 6.20 Å². The summed E-state index contributed by atoms with van der Waals surface area (Å²) in [7, 11) is 0. The van der Waals surface area contributed by atoms with E-state index in [1.807, 2.05) is 30.3 Å². The molecule has 1 atom stereocenters. The van der Waals surface area contributed by atoms with Crippen molar-refractivity contribution in [3.8, 4) is 0 Å². The number of urea groups is 1. The molecule has 0 saturated carbocycles. The molecule has 2 N–H and O–H groups in total. The van der Waals surface area contributed by atoms with Crippen LogP contribution >= 0.6 is 0 Å². The Labute approximate surface area is 150 Å². The monoisotopic (exact) mass is 356 g/mol. The topological polar surface area (TPSA) is 105 Å². The van der Waals surface area contributed by atoms with Crippen LogP contribution in [-0.4, -0.2) is 39.8 Å². The summed E-state index contributed by atoms with van der Waals surface area (Å²) >= 11 is 0. The second-order valence-electron chi connectivity index (χ2n) is 6.63. The number of benzene rings is 1. The van der Waals surface area contributed by atoms with Crippen molar-refractivity contribution in [2.45, 2.75) is 31.8 Å². The van der Waals surface area contributed by atoms with Gasteiger partial charge in [-0.25, -0.2) is 9.78 Å². The number of oxazole rings is 1. The van der Waals surface area contributed by atoms with Crippen molar-refractivity contribution in [2.24, 2.45) is 0 Å². The molecule has 1 saturated heterocycles. The zero-order valence-corrected chi connectivity index (χ0v) is 14.6. The van der Waals surface area contributed by atoms with Crippen molar-refractivity contribution < 1.29 is 18.8 Å². The highest BCUT2D eigenvalue weighted by Crippen LogP contribution is 2.19. The van der Waals surface area contributed by atoms with Crippen LogP contribution in [-0.2, 0) is 16.0 Å². The maximum Gasteiger partial charge on any atom is 0.325 e. The molecule has 1 aromatic carbocycles. The molecule has 1 unspecified atom stereocenters. The van der Waals surface area contributed by atoms with Crippen LogP contribution in [0.4, 0.5) is 4.79 Å². The number of aromatic nitrogens is 1. The van der Waals surface area contributed by atoms with E-state index >= 15 is 0 Å². The van der Waals surface area contributed by atoms with Crippen LogP contribution < -0.4 is 10.6 Å². The summed E-state index contributed by atoms with van der Waals surface area (Å²) in [6.07, 6.45) is 3.40. The molecule has 8 heteroatoms. The minimum Gasteiger partial charge on any atom is -0.447 e. The fraction of sp³-hybridized carbons (Fsp3) is 0.333. The van der Waals surface area contributed by atoms with Gasteiger partial charge in [0.1, 0.15) is 24.4 Å². The molecular formula is C18H20N4O4. The minimum atomic E-state index is -1.01. The van der Waals surface area contributed by atoms with E-state index in [-0.39, 0.29) is 6.54 Å². The van der Waals surface area contributed by atoms with Gasteiger partial charge in [-0.15, -0.1) is 0 Å². The zero-order valence-electron chi connectivity index (χ0n) is 14.6. The summed E-state index contributed by atoms with van der Waals surface area (Å²) in [4.78, 5) is 41.6. The number of hydrogen-bond donors (Lipinski definition) is 2. The van der Waals surface area contributed by atoms with Gasteiger partial charge < -0.3 is 15.1 Å². The summed E-state index contributed by atoms with van der Waals surface area (Å²) in [5, 5.41) is 5.34. The number of amides is 4. The smallest absolute Gasteiger partial charge is 0.325 e. The van der Waals surface area contributed by atoms with Crippen molar-refractivity contribution in [1.29, 1.82) is 0 Å². The predicted octanol–water partition coefficient (Wildman–Crippen LogP) is 1.40. The first-order valence-electron chi connectivity index (χ1n) is 8.23. The van der Waals surface area contributed by atoms with E-state index in [4.69, 9.17) is 4.42 Å². The van der Waals surface area contributed by atoms with Crippen molar-refractivity contribution >= 4 is 17.8 Å². The SMILES string of the molecule is CC1(C)NC(=O)N(CC(=O)NC(Cc2ccccc2)c2ncco2)C1=O. The maximum atomic E-state index is 12.4. The summed E-state index contributed by atoms with van der Waals surface area (Å²) < 4.78 is 5.33. The van der Waals surface area contributed by atoms with Gasteiger partial charge in [-0.05, 0) is 19.4 Å². The average molecular weight is 356 g/mol. The van der Waals surface area contributed by atoms with Crippen molar-refractivity contribution in [1.82, 2.24) is 20.5 Å². The molecule has 0 aliphatic carbocycles. The van der Waals surface area contributed by atoms with Crippen LogP contribution in [0.1, 0.15) is 31.3 Å². The maximum absolute atomic E-state index is 12.4. The van der Waals surface area contributed by atoms with E-state index in [1.54, 1.807) is 13.8 Å². The number of nitrogens with zero attached hydrogens (tertiary/aromatic N) is 2.